The molecule has 0 saturated heterocycles. The molecule has 1 aromatic heterocycles. The number of halogens is 2. The van der Waals surface area contributed by atoms with Gasteiger partial charge in [-0.15, -0.1) is 0 Å². The predicted molar refractivity (Wildman–Crippen MR) is 103 cm³/mol. The lowest BCUT2D eigenvalue weighted by atomic mass is 10.1. The van der Waals surface area contributed by atoms with E-state index in [1.54, 1.807) is 6.08 Å². The molecule has 0 spiro atoms. The molecular formula is C20H15ClFN3O2. The molecule has 3 aromatic rings. The van der Waals surface area contributed by atoms with E-state index in [0.717, 1.165) is 10.2 Å². The molecule has 2 N–H and O–H groups in total. The second-order valence-electron chi connectivity index (χ2n) is 5.74. The molecule has 0 unspecified atom stereocenters. The molecule has 5 nitrogen and oxygen atoms in total. The second-order valence-corrected chi connectivity index (χ2v) is 6.14. The number of primary amides is 1. The number of allylic oxidation sites excluding steroid dienone is 1. The molecule has 1 heterocycles. The van der Waals surface area contributed by atoms with Crippen molar-refractivity contribution in [2.75, 3.05) is 0 Å². The number of aromatic nitrogens is 2. The summed E-state index contributed by atoms with van der Waals surface area (Å²) >= 11 is 5.81. The molecule has 0 aliphatic heterocycles. The van der Waals surface area contributed by atoms with E-state index < -0.39 is 17.3 Å². The summed E-state index contributed by atoms with van der Waals surface area (Å²) in [7, 11) is 0. The molecule has 0 aliphatic rings. The van der Waals surface area contributed by atoms with Gasteiger partial charge in [0.25, 0.3) is 11.5 Å². The highest BCUT2D eigenvalue weighted by atomic mass is 35.5. The van der Waals surface area contributed by atoms with Gasteiger partial charge < -0.3 is 5.73 Å². The summed E-state index contributed by atoms with van der Waals surface area (Å²) in [6, 6.07) is 14.8. The van der Waals surface area contributed by atoms with Crippen LogP contribution in [0.5, 0.6) is 0 Å². The highest BCUT2D eigenvalue weighted by Crippen LogP contribution is 2.23. The summed E-state index contributed by atoms with van der Waals surface area (Å²) < 4.78 is 14.5. The average molecular weight is 384 g/mol. The van der Waals surface area contributed by atoms with Crippen molar-refractivity contribution in [2.45, 2.75) is 6.54 Å². The smallest absolute Gasteiger partial charge is 0.279 e. The van der Waals surface area contributed by atoms with Crippen LogP contribution >= 0.6 is 11.6 Å². The standard InChI is InChI=1S/C20H15ClFN3O2/c21-16-11-14(8-9-17(16)22)18-12-15(19(23)26)20(27)25(24-18)10-4-7-13-5-2-1-3-6-13/h1-9,11-12H,10H2,(H2,23,26). The predicted octanol–water partition coefficient (Wildman–Crippen LogP) is 3.52. The summed E-state index contributed by atoms with van der Waals surface area (Å²) in [6.07, 6.45) is 3.58. The van der Waals surface area contributed by atoms with E-state index in [1.165, 1.54) is 24.3 Å². The maximum atomic E-state index is 13.4. The van der Waals surface area contributed by atoms with Gasteiger partial charge in [-0.25, -0.2) is 9.07 Å². The van der Waals surface area contributed by atoms with Gasteiger partial charge in [-0.2, -0.15) is 5.10 Å². The number of carbonyl (C=O) groups excluding carboxylic acids is 1. The number of hydrogen-bond acceptors (Lipinski definition) is 3. The summed E-state index contributed by atoms with van der Waals surface area (Å²) in [6.45, 7) is 0.136. The molecule has 0 bridgehead atoms. The Kier molecular flexibility index (Phi) is 5.47. The first-order valence-corrected chi connectivity index (χ1v) is 8.42. The van der Waals surface area contributed by atoms with Crippen LogP contribution in [-0.4, -0.2) is 15.7 Å². The Morgan fingerprint density at radius 3 is 2.59 bits per heavy atom. The fourth-order valence-electron chi connectivity index (χ4n) is 2.49. The van der Waals surface area contributed by atoms with Gasteiger partial charge in [0.05, 0.1) is 17.3 Å². The molecule has 27 heavy (non-hydrogen) atoms. The maximum absolute atomic E-state index is 13.4. The Labute approximate surface area is 159 Å². The molecular weight excluding hydrogens is 369 g/mol. The lowest BCUT2D eigenvalue weighted by Gasteiger charge is -2.08. The van der Waals surface area contributed by atoms with Crippen LogP contribution < -0.4 is 11.3 Å². The molecule has 3 rings (SSSR count). The molecule has 0 radical (unpaired) electrons. The molecule has 0 atom stereocenters. The number of amides is 1. The highest BCUT2D eigenvalue weighted by molar-refractivity contribution is 6.31. The number of hydrogen-bond donors (Lipinski definition) is 1. The monoisotopic (exact) mass is 383 g/mol. The van der Waals surface area contributed by atoms with Crippen LogP contribution in [0.4, 0.5) is 4.39 Å². The van der Waals surface area contributed by atoms with Crippen molar-refractivity contribution in [1.82, 2.24) is 9.78 Å². The molecule has 0 fully saturated rings. The fourth-order valence-corrected chi connectivity index (χ4v) is 2.67. The number of nitrogens with zero attached hydrogens (tertiary/aromatic N) is 2. The third-order valence-corrected chi connectivity index (χ3v) is 4.13. The van der Waals surface area contributed by atoms with Crippen molar-refractivity contribution in [2.24, 2.45) is 5.73 Å². The average Bonchev–Trinajstić information content (AvgIpc) is 2.66. The first-order chi connectivity index (χ1) is 13.0. The third kappa shape index (κ3) is 4.30. The van der Waals surface area contributed by atoms with E-state index in [-0.39, 0.29) is 17.1 Å². The van der Waals surface area contributed by atoms with E-state index >= 15 is 0 Å². The highest BCUT2D eigenvalue weighted by Gasteiger charge is 2.14. The van der Waals surface area contributed by atoms with E-state index in [1.807, 2.05) is 36.4 Å². The van der Waals surface area contributed by atoms with Gasteiger partial charge in [-0.05, 0) is 29.8 Å². The Bertz CT molecular complexity index is 1080. The summed E-state index contributed by atoms with van der Waals surface area (Å²) in [5.74, 6) is -1.44. The first kappa shape index (κ1) is 18.5. The zero-order valence-corrected chi connectivity index (χ0v) is 14.9. The first-order valence-electron chi connectivity index (χ1n) is 8.04. The quantitative estimate of drug-likeness (QED) is 0.732. The van der Waals surface area contributed by atoms with E-state index in [0.29, 0.717) is 11.3 Å². The SMILES string of the molecule is NC(=O)c1cc(-c2ccc(F)c(Cl)c2)nn(CC=Cc2ccccc2)c1=O. The largest absolute Gasteiger partial charge is 0.365 e. The molecule has 0 aliphatic carbocycles. The summed E-state index contributed by atoms with van der Waals surface area (Å²) in [4.78, 5) is 24.1. The van der Waals surface area contributed by atoms with Gasteiger partial charge >= 0.3 is 0 Å². The number of carbonyl (C=O) groups is 1. The van der Waals surface area contributed by atoms with Crippen LogP contribution in [0, 0.1) is 5.82 Å². The lowest BCUT2D eigenvalue weighted by molar-refractivity contribution is 0.0998. The second kappa shape index (κ2) is 7.97. The minimum absolute atomic E-state index is 0.0864. The fraction of sp³-hybridized carbons (Fsp3) is 0.0500. The number of benzene rings is 2. The Balaban J connectivity index is 2.01. The normalized spacial score (nSPS) is 11.0. The van der Waals surface area contributed by atoms with Crippen LogP contribution in [0.15, 0.2) is 65.5 Å². The van der Waals surface area contributed by atoms with Crippen molar-refractivity contribution >= 4 is 23.6 Å². The lowest BCUT2D eigenvalue weighted by Crippen LogP contribution is -2.31. The topological polar surface area (TPSA) is 78.0 Å². The molecule has 2 aromatic carbocycles. The van der Waals surface area contributed by atoms with Gasteiger partial charge in [0.2, 0.25) is 0 Å². The Morgan fingerprint density at radius 1 is 1.19 bits per heavy atom. The summed E-state index contributed by atoms with van der Waals surface area (Å²) in [5, 5.41) is 4.17. The number of rotatable bonds is 5. The van der Waals surface area contributed by atoms with Crippen molar-refractivity contribution in [3.63, 3.8) is 0 Å². The third-order valence-electron chi connectivity index (χ3n) is 3.84. The molecule has 0 saturated carbocycles. The van der Waals surface area contributed by atoms with Gasteiger partial charge in [0, 0.05) is 5.56 Å². The van der Waals surface area contributed by atoms with E-state index in [9.17, 15) is 14.0 Å². The van der Waals surface area contributed by atoms with Crippen LogP contribution in [0.1, 0.15) is 15.9 Å². The minimum Gasteiger partial charge on any atom is -0.365 e. The van der Waals surface area contributed by atoms with Crippen molar-refractivity contribution < 1.29 is 9.18 Å². The number of nitrogens with two attached hydrogens (primary N) is 1. The maximum Gasteiger partial charge on any atom is 0.279 e. The molecule has 1 amide bonds. The van der Waals surface area contributed by atoms with E-state index in [2.05, 4.69) is 5.10 Å². The van der Waals surface area contributed by atoms with Crippen molar-refractivity contribution in [3.05, 3.63) is 93.0 Å². The van der Waals surface area contributed by atoms with Gasteiger partial charge in [0.15, 0.2) is 0 Å². The van der Waals surface area contributed by atoms with Crippen LogP contribution in [-0.2, 0) is 6.54 Å². The van der Waals surface area contributed by atoms with Crippen molar-refractivity contribution in [1.29, 1.82) is 0 Å². The van der Waals surface area contributed by atoms with Crippen LogP contribution in [0.2, 0.25) is 5.02 Å². The van der Waals surface area contributed by atoms with Crippen LogP contribution in [0.3, 0.4) is 0 Å². The van der Waals surface area contributed by atoms with E-state index in [4.69, 9.17) is 17.3 Å². The Hall–Kier alpha value is -3.25. The molecule has 136 valence electrons. The van der Waals surface area contributed by atoms with Gasteiger partial charge in [0.1, 0.15) is 11.4 Å². The minimum atomic E-state index is -0.863. The molecule has 7 heteroatoms. The zero-order chi connectivity index (χ0) is 19.4. The zero-order valence-electron chi connectivity index (χ0n) is 14.1. The van der Waals surface area contributed by atoms with Crippen molar-refractivity contribution in [3.8, 4) is 11.3 Å². The summed E-state index contributed by atoms with van der Waals surface area (Å²) in [5.41, 5.74) is 6.23. The van der Waals surface area contributed by atoms with Gasteiger partial charge in [-0.3, -0.25) is 9.59 Å². The van der Waals surface area contributed by atoms with Gasteiger partial charge in [-0.1, -0.05) is 54.1 Å². The Morgan fingerprint density at radius 2 is 1.93 bits per heavy atom. The van der Waals surface area contributed by atoms with Crippen LogP contribution in [0.25, 0.3) is 17.3 Å².